The molecule has 0 aliphatic carbocycles. The van der Waals surface area contributed by atoms with Crippen molar-refractivity contribution in [2.24, 2.45) is 0 Å². The average Bonchev–Trinajstić information content (AvgIpc) is 3.39. The lowest BCUT2D eigenvalue weighted by molar-refractivity contribution is -0.143. The van der Waals surface area contributed by atoms with Crippen molar-refractivity contribution in [2.75, 3.05) is 56.0 Å². The first-order valence-corrected chi connectivity index (χ1v) is 13.0. The number of carbonyl (C=O) groups is 1. The smallest absolute Gasteiger partial charge is 0.305 e. The Labute approximate surface area is 218 Å². The van der Waals surface area contributed by atoms with E-state index in [9.17, 15) is 4.79 Å². The lowest BCUT2D eigenvalue weighted by atomic mass is 10.1. The molecule has 1 saturated heterocycles. The Hall–Kier alpha value is -3.75. The van der Waals surface area contributed by atoms with E-state index in [1.54, 1.807) is 13.4 Å². The maximum Gasteiger partial charge on any atom is 0.305 e. The zero-order valence-corrected chi connectivity index (χ0v) is 22.0. The van der Waals surface area contributed by atoms with Crippen LogP contribution in [0, 0.1) is 0 Å². The molecule has 0 radical (unpaired) electrons. The molecule has 1 aliphatic rings. The van der Waals surface area contributed by atoms with Crippen LogP contribution >= 0.6 is 0 Å². The van der Waals surface area contributed by atoms with E-state index in [0.717, 1.165) is 71.8 Å². The molecule has 9 heteroatoms. The van der Waals surface area contributed by atoms with Gasteiger partial charge in [0.1, 0.15) is 30.1 Å². The van der Waals surface area contributed by atoms with Gasteiger partial charge in [-0.2, -0.15) is 0 Å². The molecule has 2 aromatic carbocycles. The van der Waals surface area contributed by atoms with E-state index in [1.807, 2.05) is 44.3 Å². The maximum atomic E-state index is 11.5. The first-order valence-electron chi connectivity index (χ1n) is 13.0. The summed E-state index contributed by atoms with van der Waals surface area (Å²) in [6.45, 7) is 4.42. The molecular weight excluding hydrogens is 470 g/mol. The van der Waals surface area contributed by atoms with Gasteiger partial charge in [-0.1, -0.05) is 18.2 Å². The number of nitrogens with one attached hydrogen (secondary N) is 2. The summed E-state index contributed by atoms with van der Waals surface area (Å²) in [6.07, 6.45) is 5.74. The van der Waals surface area contributed by atoms with Crippen molar-refractivity contribution < 1.29 is 19.0 Å². The summed E-state index contributed by atoms with van der Waals surface area (Å²) in [4.78, 5) is 23.0. The highest BCUT2D eigenvalue weighted by Crippen LogP contribution is 2.35. The van der Waals surface area contributed by atoms with Crippen molar-refractivity contribution in [1.82, 2.24) is 9.97 Å². The lowest BCUT2D eigenvalue weighted by Crippen LogP contribution is -2.35. The quantitative estimate of drug-likeness (QED) is 0.248. The fourth-order valence-corrected chi connectivity index (χ4v) is 4.74. The number of hydrogen-bond acceptors (Lipinski definition) is 9. The fraction of sp³-hybridized carbons (Fsp3) is 0.464. The largest absolute Gasteiger partial charge is 0.497 e. The first-order chi connectivity index (χ1) is 18.1. The number of esters is 1. The number of carbonyl (C=O) groups excluding carboxylic acids is 1. The minimum absolute atomic E-state index is 0.146. The third-order valence-corrected chi connectivity index (χ3v) is 6.61. The second-order valence-corrected chi connectivity index (χ2v) is 9.00. The van der Waals surface area contributed by atoms with E-state index in [1.165, 1.54) is 0 Å². The molecule has 1 atom stereocenters. The second-order valence-electron chi connectivity index (χ2n) is 9.00. The van der Waals surface area contributed by atoms with Crippen LogP contribution in [0.15, 0.2) is 42.7 Å². The number of aromatic nitrogens is 2. The van der Waals surface area contributed by atoms with E-state index < -0.39 is 0 Å². The Kier molecular flexibility index (Phi) is 9.24. The predicted molar refractivity (Wildman–Crippen MR) is 147 cm³/mol. The van der Waals surface area contributed by atoms with Gasteiger partial charge in [0.15, 0.2) is 11.6 Å². The van der Waals surface area contributed by atoms with Gasteiger partial charge < -0.3 is 29.7 Å². The van der Waals surface area contributed by atoms with E-state index in [4.69, 9.17) is 14.2 Å². The maximum absolute atomic E-state index is 11.5. The Balaban J connectivity index is 1.41. The minimum Gasteiger partial charge on any atom is -0.497 e. The summed E-state index contributed by atoms with van der Waals surface area (Å²) in [5.74, 6) is 3.15. The van der Waals surface area contributed by atoms with Crippen molar-refractivity contribution in [2.45, 2.75) is 45.1 Å². The van der Waals surface area contributed by atoms with Gasteiger partial charge in [0.25, 0.3) is 0 Å². The van der Waals surface area contributed by atoms with E-state index in [0.29, 0.717) is 26.2 Å². The molecule has 0 bridgehead atoms. The number of rotatable bonds is 13. The molecule has 2 N–H and O–H groups in total. The van der Waals surface area contributed by atoms with Crippen LogP contribution in [0.1, 0.15) is 39.0 Å². The summed E-state index contributed by atoms with van der Waals surface area (Å²) in [6, 6.07) is 12.3. The van der Waals surface area contributed by atoms with Crippen LogP contribution in [0.5, 0.6) is 11.5 Å². The van der Waals surface area contributed by atoms with Gasteiger partial charge in [-0.05, 0) is 56.2 Å². The number of benzene rings is 2. The molecule has 3 aromatic rings. The van der Waals surface area contributed by atoms with E-state index in [-0.39, 0.29) is 12.0 Å². The Bertz CT molecular complexity index is 1190. The number of unbranched alkanes of at least 4 members (excludes halogenated alkanes) is 1. The molecule has 0 unspecified atom stereocenters. The monoisotopic (exact) mass is 507 g/mol. The highest BCUT2D eigenvalue weighted by Gasteiger charge is 2.29. The number of nitrogens with zero attached hydrogens (tertiary/aromatic N) is 3. The van der Waals surface area contributed by atoms with Crippen molar-refractivity contribution in [3.63, 3.8) is 0 Å². The van der Waals surface area contributed by atoms with Crippen LogP contribution in [0.25, 0.3) is 10.8 Å². The molecule has 4 rings (SSSR count). The SMILES string of the molecule is CCOC(=O)CCCCNc1ncnc(N2CCC[C@@H]2COc2cccc3ccc(OC)cc23)c1NC. The molecule has 0 saturated carbocycles. The summed E-state index contributed by atoms with van der Waals surface area (Å²) in [7, 11) is 3.56. The van der Waals surface area contributed by atoms with Crippen molar-refractivity contribution in [1.29, 1.82) is 0 Å². The Morgan fingerprint density at radius 3 is 2.89 bits per heavy atom. The van der Waals surface area contributed by atoms with Gasteiger partial charge in [0.05, 0.1) is 19.8 Å². The molecule has 0 spiro atoms. The molecule has 1 fully saturated rings. The first kappa shape index (κ1) is 26.3. The standard InChI is InChI=1S/C28H37N5O4/c1-4-36-25(34)12-5-6-15-30-27-26(29-2)28(32-19-31-27)33-16-8-10-21(33)18-37-24-11-7-9-20-13-14-22(35-3)17-23(20)24/h7,9,11,13-14,17,19,21,29H,4-6,8,10,12,15-16,18H2,1-3H3,(H,30,31,32)/t21-/m1/s1. The molecular formula is C28H37N5O4. The second kappa shape index (κ2) is 13.0. The van der Waals surface area contributed by atoms with Gasteiger partial charge in [-0.15, -0.1) is 0 Å². The number of anilines is 3. The average molecular weight is 508 g/mol. The van der Waals surface area contributed by atoms with Gasteiger partial charge in [0, 0.05) is 31.9 Å². The molecule has 0 amide bonds. The summed E-state index contributed by atoms with van der Waals surface area (Å²) >= 11 is 0. The van der Waals surface area contributed by atoms with E-state index >= 15 is 0 Å². The van der Waals surface area contributed by atoms with Crippen molar-refractivity contribution in [3.05, 3.63) is 42.7 Å². The third kappa shape index (κ3) is 6.53. The van der Waals surface area contributed by atoms with Crippen LogP contribution in [-0.2, 0) is 9.53 Å². The topological polar surface area (TPSA) is 97.8 Å². The molecule has 198 valence electrons. The summed E-state index contributed by atoms with van der Waals surface area (Å²) in [5, 5.41) is 8.85. The molecule has 9 nitrogen and oxygen atoms in total. The molecule has 1 aromatic heterocycles. The van der Waals surface area contributed by atoms with Crippen LogP contribution in [0.4, 0.5) is 17.3 Å². The number of hydrogen-bond donors (Lipinski definition) is 2. The summed E-state index contributed by atoms with van der Waals surface area (Å²) < 4.78 is 16.8. The fourth-order valence-electron chi connectivity index (χ4n) is 4.74. The zero-order chi connectivity index (χ0) is 26.0. The van der Waals surface area contributed by atoms with Crippen LogP contribution in [-0.4, -0.2) is 62.4 Å². The van der Waals surface area contributed by atoms with Crippen molar-refractivity contribution in [3.8, 4) is 11.5 Å². The number of methoxy groups -OCH3 is 1. The minimum atomic E-state index is -0.146. The Morgan fingerprint density at radius 1 is 1.19 bits per heavy atom. The highest BCUT2D eigenvalue weighted by molar-refractivity contribution is 5.89. The molecule has 37 heavy (non-hydrogen) atoms. The predicted octanol–water partition coefficient (Wildman–Crippen LogP) is 4.87. The molecule has 1 aliphatic heterocycles. The van der Waals surface area contributed by atoms with Gasteiger partial charge in [0.2, 0.25) is 0 Å². The summed E-state index contributed by atoms with van der Waals surface area (Å²) in [5.41, 5.74) is 0.870. The number of ether oxygens (including phenoxy) is 3. The molecule has 2 heterocycles. The van der Waals surface area contributed by atoms with Crippen LogP contribution < -0.4 is 25.0 Å². The Morgan fingerprint density at radius 2 is 2.08 bits per heavy atom. The number of fused-ring (bicyclic) bond motifs is 1. The third-order valence-electron chi connectivity index (χ3n) is 6.61. The highest BCUT2D eigenvalue weighted by atomic mass is 16.5. The van der Waals surface area contributed by atoms with Crippen LogP contribution in [0.3, 0.4) is 0 Å². The van der Waals surface area contributed by atoms with E-state index in [2.05, 4.69) is 31.6 Å². The van der Waals surface area contributed by atoms with Crippen molar-refractivity contribution >= 4 is 34.1 Å². The normalized spacial score (nSPS) is 15.0. The lowest BCUT2D eigenvalue weighted by Gasteiger charge is -2.28. The van der Waals surface area contributed by atoms with Gasteiger partial charge >= 0.3 is 5.97 Å². The van der Waals surface area contributed by atoms with Gasteiger partial charge in [-0.3, -0.25) is 4.79 Å². The van der Waals surface area contributed by atoms with Crippen LogP contribution in [0.2, 0.25) is 0 Å². The van der Waals surface area contributed by atoms with Gasteiger partial charge in [-0.25, -0.2) is 9.97 Å². The zero-order valence-electron chi connectivity index (χ0n) is 22.0.